The van der Waals surface area contributed by atoms with Gasteiger partial charge in [0.15, 0.2) is 0 Å². The average Bonchev–Trinajstić information content (AvgIpc) is 3.45. The van der Waals surface area contributed by atoms with Gasteiger partial charge in [0.2, 0.25) is 0 Å². The number of nitrogens with zero attached hydrogens (tertiary/aromatic N) is 3. The van der Waals surface area contributed by atoms with E-state index in [0.29, 0.717) is 30.3 Å². The molecule has 0 bridgehead atoms. The molecule has 3 aliphatic rings. The highest BCUT2D eigenvalue weighted by molar-refractivity contribution is 5.89. The van der Waals surface area contributed by atoms with Crippen molar-refractivity contribution in [3.63, 3.8) is 0 Å². The maximum Gasteiger partial charge on any atom is 0.322 e. The normalized spacial score (nSPS) is 28.1. The fourth-order valence-electron chi connectivity index (χ4n) is 5.99. The number of halogens is 1. The molecule has 2 amide bonds. The molecule has 1 aliphatic heterocycles. The van der Waals surface area contributed by atoms with E-state index < -0.39 is 0 Å². The van der Waals surface area contributed by atoms with Crippen molar-refractivity contribution in [2.75, 3.05) is 31.5 Å². The van der Waals surface area contributed by atoms with Crippen LogP contribution in [-0.2, 0) is 5.41 Å². The molecule has 2 aromatic rings. The molecule has 34 heavy (non-hydrogen) atoms. The van der Waals surface area contributed by atoms with E-state index >= 15 is 0 Å². The molecule has 2 N–H and O–H groups in total. The van der Waals surface area contributed by atoms with Crippen LogP contribution in [0.15, 0.2) is 48.5 Å². The van der Waals surface area contributed by atoms with Gasteiger partial charge in [0.05, 0.1) is 17.7 Å². The number of carbonyl (C=O) groups is 1. The van der Waals surface area contributed by atoms with Crippen LogP contribution < -0.4 is 5.32 Å². The molecule has 1 heterocycles. The Morgan fingerprint density at radius 1 is 1.26 bits per heavy atom. The summed E-state index contributed by atoms with van der Waals surface area (Å²) in [4.78, 5) is 17.5. The third-order valence-electron chi connectivity index (χ3n) is 7.98. The Bertz CT molecular complexity index is 1080. The first-order chi connectivity index (χ1) is 16.5. The van der Waals surface area contributed by atoms with Crippen LogP contribution >= 0.6 is 0 Å². The summed E-state index contributed by atoms with van der Waals surface area (Å²) in [5.41, 5.74) is 2.68. The number of carbonyl (C=O) groups excluding carboxylic acids is 1. The minimum atomic E-state index is -0.333. The Morgan fingerprint density at radius 2 is 2.09 bits per heavy atom. The van der Waals surface area contributed by atoms with Crippen molar-refractivity contribution in [3.8, 4) is 6.07 Å². The van der Waals surface area contributed by atoms with Gasteiger partial charge in [-0.3, -0.25) is 4.90 Å². The smallest absolute Gasteiger partial charge is 0.322 e. The number of β-amino-alcohol motifs (C(OH)–C–C–N with tert-alkyl or cyclic N) is 1. The van der Waals surface area contributed by atoms with Crippen LogP contribution in [0.3, 0.4) is 0 Å². The van der Waals surface area contributed by atoms with Gasteiger partial charge in [-0.25, -0.2) is 9.18 Å². The Hall–Kier alpha value is -2.95. The van der Waals surface area contributed by atoms with Crippen LogP contribution in [0, 0.1) is 23.1 Å². The van der Waals surface area contributed by atoms with E-state index in [4.69, 9.17) is 0 Å². The lowest BCUT2D eigenvalue weighted by Crippen LogP contribution is -2.48. The number of rotatable bonds is 6. The zero-order chi connectivity index (χ0) is 23.7. The lowest BCUT2D eigenvalue weighted by Gasteiger charge is -2.37. The zero-order valence-electron chi connectivity index (χ0n) is 19.3. The van der Waals surface area contributed by atoms with E-state index in [1.54, 1.807) is 12.1 Å². The van der Waals surface area contributed by atoms with Crippen molar-refractivity contribution < 1.29 is 14.3 Å². The fourth-order valence-corrected chi connectivity index (χ4v) is 5.99. The van der Waals surface area contributed by atoms with E-state index in [9.17, 15) is 19.6 Å². The van der Waals surface area contributed by atoms with Crippen molar-refractivity contribution in [3.05, 3.63) is 65.5 Å². The third kappa shape index (κ3) is 4.66. The molecule has 6 nitrogen and oxygen atoms in total. The number of hydrogen-bond donors (Lipinski definition) is 2. The monoisotopic (exact) mass is 462 g/mol. The molecule has 4 atom stereocenters. The quantitative estimate of drug-likeness (QED) is 0.677. The highest BCUT2D eigenvalue weighted by Gasteiger charge is 2.58. The van der Waals surface area contributed by atoms with Gasteiger partial charge in [0.25, 0.3) is 0 Å². The largest absolute Gasteiger partial charge is 0.392 e. The average molecular weight is 463 g/mol. The SMILES string of the molecule is N#Cc1cccc([C@]23CCC(N(CCN4CC[C@@H](O)C4)C(=O)Nc4ccc(F)cc4)CC2C3)c1. The molecule has 2 aliphatic carbocycles. The van der Waals surface area contributed by atoms with Crippen molar-refractivity contribution >= 4 is 11.7 Å². The summed E-state index contributed by atoms with van der Waals surface area (Å²) >= 11 is 0. The number of urea groups is 1. The molecule has 2 unspecified atom stereocenters. The summed E-state index contributed by atoms with van der Waals surface area (Å²) in [6.07, 6.45) is 4.44. The zero-order valence-corrected chi connectivity index (χ0v) is 19.3. The highest BCUT2D eigenvalue weighted by Crippen LogP contribution is 2.62. The number of nitrogens with one attached hydrogen (secondary N) is 1. The topological polar surface area (TPSA) is 79.6 Å². The van der Waals surface area contributed by atoms with Gasteiger partial charge in [-0.05, 0) is 85.4 Å². The summed E-state index contributed by atoms with van der Waals surface area (Å²) in [5.74, 6) is 0.176. The maximum absolute atomic E-state index is 13.3. The molecule has 2 aromatic carbocycles. The lowest BCUT2D eigenvalue weighted by atomic mass is 9.80. The number of likely N-dealkylation sites (tertiary alicyclic amines) is 1. The number of benzene rings is 2. The molecule has 2 saturated carbocycles. The number of fused-ring (bicyclic) bond motifs is 1. The first-order valence-electron chi connectivity index (χ1n) is 12.2. The number of amides is 2. The summed E-state index contributed by atoms with van der Waals surface area (Å²) in [5, 5.41) is 22.1. The van der Waals surface area contributed by atoms with Crippen molar-refractivity contribution in [2.45, 2.75) is 49.7 Å². The molecule has 7 heteroatoms. The van der Waals surface area contributed by atoms with Crippen molar-refractivity contribution in [2.24, 2.45) is 5.92 Å². The Morgan fingerprint density at radius 3 is 2.79 bits per heavy atom. The first-order valence-corrected chi connectivity index (χ1v) is 12.2. The number of hydrogen-bond acceptors (Lipinski definition) is 4. The lowest BCUT2D eigenvalue weighted by molar-refractivity contribution is 0.142. The van der Waals surface area contributed by atoms with E-state index in [1.165, 1.54) is 17.7 Å². The molecular weight excluding hydrogens is 431 g/mol. The molecular formula is C27H31FN4O2. The summed E-state index contributed by atoms with van der Waals surface area (Å²) in [6.45, 7) is 2.82. The Labute approximate surface area is 200 Å². The molecule has 0 spiro atoms. The third-order valence-corrected chi connectivity index (χ3v) is 7.98. The minimum Gasteiger partial charge on any atom is -0.392 e. The summed E-state index contributed by atoms with van der Waals surface area (Å²) in [7, 11) is 0. The number of nitriles is 1. The number of aliphatic hydroxyl groups excluding tert-OH is 1. The Kier molecular flexibility index (Phi) is 6.28. The highest BCUT2D eigenvalue weighted by atomic mass is 19.1. The maximum atomic E-state index is 13.3. The van der Waals surface area contributed by atoms with Crippen LogP contribution in [0.5, 0.6) is 0 Å². The number of aliphatic hydroxyl groups is 1. The second-order valence-electron chi connectivity index (χ2n) is 10.1. The minimum absolute atomic E-state index is 0.132. The van der Waals surface area contributed by atoms with Crippen LogP contribution in [-0.4, -0.2) is 59.3 Å². The summed E-state index contributed by atoms with van der Waals surface area (Å²) < 4.78 is 13.3. The molecule has 0 aromatic heterocycles. The van der Waals surface area contributed by atoms with Gasteiger partial charge in [-0.2, -0.15) is 5.26 Å². The van der Waals surface area contributed by atoms with E-state index in [1.807, 2.05) is 23.1 Å². The van der Waals surface area contributed by atoms with Crippen LogP contribution in [0.25, 0.3) is 0 Å². The summed E-state index contributed by atoms with van der Waals surface area (Å²) in [6, 6.07) is 16.1. The second-order valence-corrected chi connectivity index (χ2v) is 10.1. The Balaban J connectivity index is 1.28. The predicted molar refractivity (Wildman–Crippen MR) is 128 cm³/mol. The van der Waals surface area contributed by atoms with Gasteiger partial charge < -0.3 is 15.3 Å². The first kappa shape index (κ1) is 22.8. The van der Waals surface area contributed by atoms with Gasteiger partial charge >= 0.3 is 6.03 Å². The fraction of sp³-hybridized carbons (Fsp3) is 0.481. The van der Waals surface area contributed by atoms with Crippen LogP contribution in [0.2, 0.25) is 0 Å². The molecule has 1 saturated heterocycles. The second kappa shape index (κ2) is 9.36. The number of anilines is 1. The van der Waals surface area contributed by atoms with Crippen LogP contribution in [0.4, 0.5) is 14.9 Å². The van der Waals surface area contributed by atoms with Crippen LogP contribution in [0.1, 0.15) is 43.2 Å². The molecule has 178 valence electrons. The van der Waals surface area contributed by atoms with E-state index in [-0.39, 0.29) is 29.4 Å². The van der Waals surface area contributed by atoms with Gasteiger partial charge in [0, 0.05) is 37.9 Å². The molecule has 3 fully saturated rings. The molecule has 5 rings (SSSR count). The van der Waals surface area contributed by atoms with Gasteiger partial charge in [0.1, 0.15) is 5.82 Å². The van der Waals surface area contributed by atoms with E-state index in [2.05, 4.69) is 22.4 Å². The van der Waals surface area contributed by atoms with Crippen molar-refractivity contribution in [1.29, 1.82) is 5.26 Å². The van der Waals surface area contributed by atoms with Crippen molar-refractivity contribution in [1.82, 2.24) is 9.80 Å². The van der Waals surface area contributed by atoms with Gasteiger partial charge in [-0.15, -0.1) is 0 Å². The van der Waals surface area contributed by atoms with E-state index in [0.717, 1.165) is 45.2 Å². The van der Waals surface area contributed by atoms with Gasteiger partial charge in [-0.1, -0.05) is 12.1 Å². The standard InChI is InChI=1S/C27H31FN4O2/c28-22-4-6-23(7-5-22)30-26(34)32(13-12-31-11-9-25(33)18-31)24-8-10-27(16-21(27)15-24)20-3-1-2-19(14-20)17-29/h1-7,14,21,24-25,33H,8-13,15-16,18H2,(H,30,34)/t21?,24?,25-,27-/m1/s1. The molecule has 0 radical (unpaired) electrons. The predicted octanol–water partition coefficient (Wildman–Crippen LogP) is 4.11.